The number of alkyl halides is 9. The first kappa shape index (κ1) is 33.0. The number of pyridine rings is 1. The van der Waals surface area contributed by atoms with Gasteiger partial charge < -0.3 is 9.80 Å². The van der Waals surface area contributed by atoms with Gasteiger partial charge in [-0.1, -0.05) is 11.2 Å². The molecule has 1 atom stereocenters. The van der Waals surface area contributed by atoms with Gasteiger partial charge in [0.25, 0.3) is 5.95 Å². The molecule has 0 amide bonds. The number of tetrazole rings is 1. The first-order chi connectivity index (χ1) is 21.4. The van der Waals surface area contributed by atoms with Crippen LogP contribution in [0.5, 0.6) is 0 Å². The Balaban J connectivity index is 1.70. The van der Waals surface area contributed by atoms with Crippen LogP contribution in [0.15, 0.2) is 48.8 Å². The summed E-state index contributed by atoms with van der Waals surface area (Å²) in [7, 11) is 1.43. The van der Waals surface area contributed by atoms with E-state index in [2.05, 4.69) is 20.4 Å². The van der Waals surface area contributed by atoms with Crippen LogP contribution in [0.2, 0.25) is 0 Å². The van der Waals surface area contributed by atoms with E-state index in [9.17, 15) is 39.5 Å². The number of aryl methyl sites for hydroxylation is 2. The van der Waals surface area contributed by atoms with Crippen LogP contribution in [-0.2, 0) is 38.7 Å². The Morgan fingerprint density at radius 1 is 0.848 bits per heavy atom. The number of rotatable bonds is 6. The fourth-order valence-corrected chi connectivity index (χ4v) is 6.06. The number of halogens is 9. The maximum absolute atomic E-state index is 14.4. The molecule has 0 unspecified atom stereocenters. The van der Waals surface area contributed by atoms with Gasteiger partial charge in [0.05, 0.1) is 29.8 Å². The molecule has 0 saturated carbocycles. The molecular formula is C30H28F9N7. The summed E-state index contributed by atoms with van der Waals surface area (Å²) in [5.74, 6) is -0.109. The second-order valence-electron chi connectivity index (χ2n) is 11.2. The molecule has 0 radical (unpaired) electrons. The third-order valence-electron chi connectivity index (χ3n) is 7.89. The molecule has 5 rings (SSSR count). The second kappa shape index (κ2) is 12.1. The lowest BCUT2D eigenvalue weighted by atomic mass is 9.90. The highest BCUT2D eigenvalue weighted by Gasteiger charge is 2.41. The Bertz CT molecular complexity index is 1660. The molecule has 4 aromatic rings. The van der Waals surface area contributed by atoms with Gasteiger partial charge in [-0.05, 0) is 90.1 Å². The molecule has 0 spiro atoms. The predicted octanol–water partition coefficient (Wildman–Crippen LogP) is 7.83. The fraction of sp³-hybridized carbons (Fsp3) is 0.400. The largest absolute Gasteiger partial charge is 0.416 e. The number of fused-ring (bicyclic) bond motifs is 1. The predicted molar refractivity (Wildman–Crippen MR) is 150 cm³/mol. The van der Waals surface area contributed by atoms with Crippen LogP contribution in [0.1, 0.15) is 63.4 Å². The van der Waals surface area contributed by atoms with E-state index in [-0.39, 0.29) is 47.4 Å². The minimum Gasteiger partial charge on any atom is -0.367 e. The average Bonchev–Trinajstić information content (AvgIpc) is 3.30. The van der Waals surface area contributed by atoms with Gasteiger partial charge in [0, 0.05) is 37.7 Å². The summed E-state index contributed by atoms with van der Waals surface area (Å²) < 4.78 is 125. The van der Waals surface area contributed by atoms with Gasteiger partial charge in [0.1, 0.15) is 0 Å². The summed E-state index contributed by atoms with van der Waals surface area (Å²) in [6.45, 7) is 2.71. The zero-order valence-corrected chi connectivity index (χ0v) is 24.8. The van der Waals surface area contributed by atoms with Crippen LogP contribution in [0.4, 0.5) is 51.1 Å². The average molecular weight is 658 g/mol. The van der Waals surface area contributed by atoms with Crippen LogP contribution in [0.3, 0.4) is 0 Å². The lowest BCUT2D eigenvalue weighted by Crippen LogP contribution is -2.31. The number of aromatic nitrogens is 5. The monoisotopic (exact) mass is 657 g/mol. The minimum absolute atomic E-state index is 0.0394. The van der Waals surface area contributed by atoms with Crippen molar-refractivity contribution in [3.63, 3.8) is 0 Å². The van der Waals surface area contributed by atoms with E-state index in [0.717, 1.165) is 10.4 Å². The highest BCUT2D eigenvalue weighted by atomic mass is 19.4. The van der Waals surface area contributed by atoms with Gasteiger partial charge in [0.2, 0.25) is 0 Å². The summed E-state index contributed by atoms with van der Waals surface area (Å²) in [6.07, 6.45) is -11.0. The van der Waals surface area contributed by atoms with Crippen molar-refractivity contribution in [3.8, 4) is 0 Å². The number of hydrogen-bond donors (Lipinski definition) is 0. The Morgan fingerprint density at radius 3 is 2.02 bits per heavy atom. The van der Waals surface area contributed by atoms with Gasteiger partial charge >= 0.3 is 18.5 Å². The summed E-state index contributed by atoms with van der Waals surface area (Å²) >= 11 is 0. The molecule has 0 bridgehead atoms. The lowest BCUT2D eigenvalue weighted by molar-refractivity contribution is -0.143. The van der Waals surface area contributed by atoms with Crippen LogP contribution in [-0.4, -0.2) is 31.7 Å². The molecule has 2 aromatic carbocycles. The highest BCUT2D eigenvalue weighted by molar-refractivity contribution is 5.67. The van der Waals surface area contributed by atoms with E-state index in [1.165, 1.54) is 31.9 Å². The number of anilines is 2. The third kappa shape index (κ3) is 6.89. The van der Waals surface area contributed by atoms with Gasteiger partial charge in [0.15, 0.2) is 0 Å². The molecule has 0 saturated heterocycles. The zero-order valence-electron chi connectivity index (χ0n) is 24.8. The Labute approximate surface area is 257 Å². The van der Waals surface area contributed by atoms with Crippen LogP contribution >= 0.6 is 0 Å². The fourth-order valence-electron chi connectivity index (χ4n) is 6.06. The number of benzene rings is 2. The van der Waals surface area contributed by atoms with Gasteiger partial charge in [-0.3, -0.25) is 4.98 Å². The Kier molecular flexibility index (Phi) is 8.68. The van der Waals surface area contributed by atoms with Gasteiger partial charge in [-0.2, -0.15) is 44.3 Å². The molecule has 0 N–H and O–H groups in total. The van der Waals surface area contributed by atoms with Crippen molar-refractivity contribution in [2.45, 2.75) is 64.3 Å². The van der Waals surface area contributed by atoms with Crippen molar-refractivity contribution in [1.82, 2.24) is 25.2 Å². The molecule has 0 aliphatic carbocycles. The Hall–Kier alpha value is -4.37. The zero-order chi connectivity index (χ0) is 33.6. The van der Waals surface area contributed by atoms with E-state index in [1.54, 1.807) is 24.5 Å². The maximum Gasteiger partial charge on any atom is 0.416 e. The van der Waals surface area contributed by atoms with E-state index in [4.69, 9.17) is 0 Å². The summed E-state index contributed by atoms with van der Waals surface area (Å²) in [5, 5.41) is 12.0. The first-order valence-corrected chi connectivity index (χ1v) is 14.1. The molecule has 16 heteroatoms. The molecule has 0 fully saturated rings. The third-order valence-corrected chi connectivity index (χ3v) is 7.89. The van der Waals surface area contributed by atoms with Crippen molar-refractivity contribution in [1.29, 1.82) is 0 Å². The standard InChI is InChI=1S/C30H28F9N7/c1-17-11-23-24(5-4-10-45(15-19-6-8-40-9-7-19)26(23)18(2)25(17)30(37,38)39)46(27-41-43-44(3)42-27)16-20-12-21(28(31,32)33)14-22(13-20)29(34,35)36/h6-9,11-14,24H,4-5,10,15-16H2,1-3H3/t24-/m0/s1. The number of nitrogens with zero attached hydrogens (tertiary/aromatic N) is 7. The van der Waals surface area contributed by atoms with Crippen molar-refractivity contribution in [2.75, 3.05) is 16.3 Å². The molecule has 246 valence electrons. The molecule has 3 heterocycles. The van der Waals surface area contributed by atoms with Crippen molar-refractivity contribution < 1.29 is 39.5 Å². The van der Waals surface area contributed by atoms with E-state index in [0.29, 0.717) is 30.7 Å². The summed E-state index contributed by atoms with van der Waals surface area (Å²) in [5.41, 5.74) is -2.80. The van der Waals surface area contributed by atoms with E-state index >= 15 is 0 Å². The normalized spacial score (nSPS) is 15.9. The summed E-state index contributed by atoms with van der Waals surface area (Å²) in [6, 6.07) is 5.29. The molecule has 1 aliphatic rings. The maximum atomic E-state index is 14.4. The van der Waals surface area contributed by atoms with E-state index in [1.807, 2.05) is 4.90 Å². The van der Waals surface area contributed by atoms with Crippen molar-refractivity contribution in [3.05, 3.63) is 93.3 Å². The minimum atomic E-state index is -5.07. The van der Waals surface area contributed by atoms with Crippen LogP contribution in [0.25, 0.3) is 0 Å². The van der Waals surface area contributed by atoms with Crippen molar-refractivity contribution in [2.24, 2.45) is 7.05 Å². The quantitative estimate of drug-likeness (QED) is 0.197. The summed E-state index contributed by atoms with van der Waals surface area (Å²) in [4.78, 5) is 8.28. The van der Waals surface area contributed by atoms with Crippen LogP contribution < -0.4 is 9.80 Å². The molecular weight excluding hydrogens is 629 g/mol. The SMILES string of the molecule is Cc1cc2c(c(C)c1C(F)(F)F)N(Cc1ccncc1)CCC[C@@H]2N(Cc1cc(C(F)(F)F)cc(C(F)(F)F)c1)c1nnn(C)n1. The van der Waals surface area contributed by atoms with Gasteiger partial charge in [-0.25, -0.2) is 0 Å². The topological polar surface area (TPSA) is 63.0 Å². The number of hydrogen-bond acceptors (Lipinski definition) is 6. The first-order valence-electron chi connectivity index (χ1n) is 14.1. The lowest BCUT2D eigenvalue weighted by Gasteiger charge is -2.34. The van der Waals surface area contributed by atoms with Crippen molar-refractivity contribution >= 4 is 11.6 Å². The molecule has 7 nitrogen and oxygen atoms in total. The van der Waals surface area contributed by atoms with E-state index < -0.39 is 47.8 Å². The highest BCUT2D eigenvalue weighted by Crippen LogP contribution is 2.47. The smallest absolute Gasteiger partial charge is 0.367 e. The molecule has 2 aromatic heterocycles. The molecule has 46 heavy (non-hydrogen) atoms. The molecule has 1 aliphatic heterocycles. The Morgan fingerprint density at radius 2 is 1.48 bits per heavy atom. The van der Waals surface area contributed by atoms with Gasteiger partial charge in [-0.15, -0.1) is 5.10 Å². The second-order valence-corrected chi connectivity index (χ2v) is 11.2. The van der Waals surface area contributed by atoms with Crippen LogP contribution in [0, 0.1) is 13.8 Å².